The minimum Gasteiger partial charge on any atom is -0.392 e. The van der Waals surface area contributed by atoms with Crippen molar-refractivity contribution < 1.29 is 14.2 Å². The smallest absolute Gasteiger partial charge is 0.136 e. The molecule has 3 rings (SSSR count). The molecule has 1 saturated heterocycles. The summed E-state index contributed by atoms with van der Waals surface area (Å²) in [5.41, 5.74) is 1.46. The summed E-state index contributed by atoms with van der Waals surface area (Å²) in [5, 5.41) is 9.13. The monoisotopic (exact) mass is 288 g/mol. The van der Waals surface area contributed by atoms with Gasteiger partial charge in [0.05, 0.1) is 19.8 Å². The maximum Gasteiger partial charge on any atom is 0.136 e. The van der Waals surface area contributed by atoms with Crippen molar-refractivity contribution in [1.29, 1.82) is 0 Å². The third-order valence-corrected chi connectivity index (χ3v) is 3.64. The molecule has 0 aliphatic carbocycles. The van der Waals surface area contributed by atoms with Crippen LogP contribution in [0, 0.1) is 5.82 Å². The second kappa shape index (κ2) is 6.20. The molecule has 0 amide bonds. The van der Waals surface area contributed by atoms with E-state index in [2.05, 4.69) is 9.88 Å². The van der Waals surface area contributed by atoms with Crippen LogP contribution in [0.5, 0.6) is 0 Å². The Hall–Kier alpha value is -1.98. The van der Waals surface area contributed by atoms with Crippen LogP contribution in [0.3, 0.4) is 0 Å². The van der Waals surface area contributed by atoms with E-state index >= 15 is 0 Å². The number of aliphatic hydroxyl groups excluding tert-OH is 1. The largest absolute Gasteiger partial charge is 0.392 e. The Labute approximate surface area is 122 Å². The van der Waals surface area contributed by atoms with E-state index in [1.165, 1.54) is 0 Å². The Kier molecular flexibility index (Phi) is 4.13. The molecule has 110 valence electrons. The maximum absolute atomic E-state index is 14.2. The minimum absolute atomic E-state index is 0.296. The topological polar surface area (TPSA) is 45.6 Å². The van der Waals surface area contributed by atoms with Gasteiger partial charge < -0.3 is 14.7 Å². The normalized spacial score (nSPS) is 15.2. The van der Waals surface area contributed by atoms with Crippen LogP contribution in [0.1, 0.15) is 5.56 Å². The highest BCUT2D eigenvalue weighted by Crippen LogP contribution is 2.26. The van der Waals surface area contributed by atoms with Gasteiger partial charge in [0, 0.05) is 36.0 Å². The number of hydrogen-bond acceptors (Lipinski definition) is 4. The summed E-state index contributed by atoms with van der Waals surface area (Å²) in [5.74, 6) is 0.488. The van der Waals surface area contributed by atoms with E-state index in [0.29, 0.717) is 29.9 Å². The first-order valence-electron chi connectivity index (χ1n) is 6.97. The number of anilines is 1. The van der Waals surface area contributed by atoms with Gasteiger partial charge in [-0.3, -0.25) is 0 Å². The zero-order chi connectivity index (χ0) is 14.7. The second-order valence-electron chi connectivity index (χ2n) is 4.94. The molecule has 1 aromatic heterocycles. The fourth-order valence-electron chi connectivity index (χ4n) is 2.45. The van der Waals surface area contributed by atoms with Crippen molar-refractivity contribution >= 4 is 5.82 Å². The van der Waals surface area contributed by atoms with Crippen LogP contribution in [0.2, 0.25) is 0 Å². The van der Waals surface area contributed by atoms with Gasteiger partial charge in [0.2, 0.25) is 0 Å². The number of aliphatic hydroxyl groups is 1. The van der Waals surface area contributed by atoms with Crippen molar-refractivity contribution in [2.75, 3.05) is 31.2 Å². The van der Waals surface area contributed by atoms with Gasteiger partial charge in [-0.2, -0.15) is 0 Å². The SMILES string of the molecule is OCc1cccc(-c2ccc(N3CCOCC3)nc2)c1F. The van der Waals surface area contributed by atoms with Gasteiger partial charge in [0.1, 0.15) is 11.6 Å². The highest BCUT2D eigenvalue weighted by Gasteiger charge is 2.13. The molecule has 0 saturated carbocycles. The molecule has 0 radical (unpaired) electrons. The fourth-order valence-corrected chi connectivity index (χ4v) is 2.45. The molecule has 1 N–H and O–H groups in total. The van der Waals surface area contributed by atoms with Crippen LogP contribution in [0.15, 0.2) is 36.5 Å². The summed E-state index contributed by atoms with van der Waals surface area (Å²) in [6, 6.07) is 8.76. The van der Waals surface area contributed by atoms with Gasteiger partial charge >= 0.3 is 0 Å². The molecular weight excluding hydrogens is 271 g/mol. The molecule has 1 fully saturated rings. The third-order valence-electron chi connectivity index (χ3n) is 3.64. The fraction of sp³-hybridized carbons (Fsp3) is 0.312. The van der Waals surface area contributed by atoms with Crippen LogP contribution in [-0.4, -0.2) is 36.4 Å². The summed E-state index contributed by atoms with van der Waals surface area (Å²) in [6.45, 7) is 2.74. The summed E-state index contributed by atoms with van der Waals surface area (Å²) in [4.78, 5) is 6.56. The van der Waals surface area contributed by atoms with Crippen molar-refractivity contribution in [2.24, 2.45) is 0 Å². The Balaban J connectivity index is 1.87. The van der Waals surface area contributed by atoms with Crippen molar-refractivity contribution in [1.82, 2.24) is 4.98 Å². The number of rotatable bonds is 3. The number of morpholine rings is 1. The number of halogens is 1. The van der Waals surface area contributed by atoms with Gasteiger partial charge in [-0.1, -0.05) is 18.2 Å². The first kappa shape index (κ1) is 14.0. The molecular formula is C16H17FN2O2. The number of aromatic nitrogens is 1. The lowest BCUT2D eigenvalue weighted by atomic mass is 10.0. The average molecular weight is 288 g/mol. The number of benzene rings is 1. The molecule has 1 aromatic carbocycles. The highest BCUT2D eigenvalue weighted by molar-refractivity contribution is 5.65. The lowest BCUT2D eigenvalue weighted by molar-refractivity contribution is 0.122. The lowest BCUT2D eigenvalue weighted by Crippen LogP contribution is -2.36. The van der Waals surface area contributed by atoms with Crippen LogP contribution in [0.25, 0.3) is 11.1 Å². The Morgan fingerprint density at radius 3 is 2.67 bits per heavy atom. The lowest BCUT2D eigenvalue weighted by Gasteiger charge is -2.27. The Bertz CT molecular complexity index is 610. The molecule has 2 heterocycles. The maximum atomic E-state index is 14.2. The first-order valence-corrected chi connectivity index (χ1v) is 6.97. The number of ether oxygens (including phenoxy) is 1. The third kappa shape index (κ3) is 2.89. The van der Waals surface area contributed by atoms with Crippen LogP contribution in [-0.2, 0) is 11.3 Å². The van der Waals surface area contributed by atoms with E-state index in [4.69, 9.17) is 9.84 Å². The van der Waals surface area contributed by atoms with Gasteiger partial charge in [-0.05, 0) is 12.1 Å². The molecule has 1 aliphatic heterocycles. The van der Waals surface area contributed by atoms with Gasteiger partial charge in [0.25, 0.3) is 0 Å². The standard InChI is InChI=1S/C16H17FN2O2/c17-16-13(11-20)2-1-3-14(16)12-4-5-15(18-10-12)19-6-8-21-9-7-19/h1-5,10,20H,6-9,11H2. The number of pyridine rings is 1. The molecule has 0 spiro atoms. The van der Waals surface area contributed by atoms with E-state index in [9.17, 15) is 4.39 Å². The van der Waals surface area contributed by atoms with E-state index in [1.807, 2.05) is 12.1 Å². The summed E-state index contributed by atoms with van der Waals surface area (Å²) >= 11 is 0. The van der Waals surface area contributed by atoms with Gasteiger partial charge in [-0.15, -0.1) is 0 Å². The average Bonchev–Trinajstić information content (AvgIpc) is 2.56. The summed E-state index contributed by atoms with van der Waals surface area (Å²) in [7, 11) is 0. The zero-order valence-corrected chi connectivity index (χ0v) is 11.6. The predicted molar refractivity (Wildman–Crippen MR) is 78.6 cm³/mol. The van der Waals surface area contributed by atoms with Crippen molar-refractivity contribution in [3.05, 3.63) is 47.9 Å². The van der Waals surface area contributed by atoms with Gasteiger partial charge in [-0.25, -0.2) is 9.37 Å². The van der Waals surface area contributed by atoms with E-state index in [0.717, 1.165) is 18.9 Å². The molecule has 21 heavy (non-hydrogen) atoms. The first-order chi connectivity index (χ1) is 10.3. The van der Waals surface area contributed by atoms with Crippen molar-refractivity contribution in [3.8, 4) is 11.1 Å². The number of nitrogens with zero attached hydrogens (tertiary/aromatic N) is 2. The quantitative estimate of drug-likeness (QED) is 0.940. The van der Waals surface area contributed by atoms with Crippen molar-refractivity contribution in [2.45, 2.75) is 6.61 Å². The van der Waals surface area contributed by atoms with Crippen LogP contribution < -0.4 is 4.90 Å². The van der Waals surface area contributed by atoms with Crippen molar-refractivity contribution in [3.63, 3.8) is 0 Å². The van der Waals surface area contributed by atoms with E-state index < -0.39 is 0 Å². The Morgan fingerprint density at radius 2 is 2.00 bits per heavy atom. The van der Waals surface area contributed by atoms with E-state index in [-0.39, 0.29) is 12.4 Å². The highest BCUT2D eigenvalue weighted by atomic mass is 19.1. The predicted octanol–water partition coefficient (Wildman–Crippen LogP) is 2.22. The second-order valence-corrected chi connectivity index (χ2v) is 4.94. The molecule has 0 bridgehead atoms. The molecule has 0 atom stereocenters. The summed E-state index contributed by atoms with van der Waals surface area (Å²) in [6.07, 6.45) is 1.67. The molecule has 5 heteroatoms. The molecule has 0 unspecified atom stereocenters. The van der Waals surface area contributed by atoms with Gasteiger partial charge in [0.15, 0.2) is 0 Å². The number of hydrogen-bond donors (Lipinski definition) is 1. The molecule has 2 aromatic rings. The zero-order valence-electron chi connectivity index (χ0n) is 11.6. The summed E-state index contributed by atoms with van der Waals surface area (Å²) < 4.78 is 19.5. The van der Waals surface area contributed by atoms with Crippen LogP contribution >= 0.6 is 0 Å². The molecule has 1 aliphatic rings. The minimum atomic E-state index is -0.388. The Morgan fingerprint density at radius 1 is 1.19 bits per heavy atom. The van der Waals surface area contributed by atoms with E-state index in [1.54, 1.807) is 24.4 Å². The van der Waals surface area contributed by atoms with Crippen LogP contribution in [0.4, 0.5) is 10.2 Å². The molecule has 4 nitrogen and oxygen atoms in total.